The third kappa shape index (κ3) is 6.82. The van der Waals surface area contributed by atoms with Crippen molar-refractivity contribution in [1.82, 2.24) is 0 Å². The number of carbonyl (C=O) groups is 2. The number of hydrogen-bond acceptors (Lipinski definition) is 7. The molecule has 0 bridgehead atoms. The van der Waals surface area contributed by atoms with Gasteiger partial charge in [-0.2, -0.15) is 5.10 Å². The van der Waals surface area contributed by atoms with Crippen molar-refractivity contribution < 1.29 is 19.1 Å². The summed E-state index contributed by atoms with van der Waals surface area (Å²) < 4.78 is 9.71. The first-order chi connectivity index (χ1) is 10.6. The first kappa shape index (κ1) is 18.3. The summed E-state index contributed by atoms with van der Waals surface area (Å²) in [5.41, 5.74) is 3.38. The SMILES string of the molecule is CCOC(=O)CS/C(=N\Nc1ccc(Cl)cc1)C(=O)OCC. The minimum atomic E-state index is -0.599. The number of hydrogen-bond donors (Lipinski definition) is 1. The van der Waals surface area contributed by atoms with Gasteiger partial charge in [0, 0.05) is 5.02 Å². The molecule has 120 valence electrons. The molecule has 0 saturated carbocycles. The largest absolute Gasteiger partial charge is 0.465 e. The Labute approximate surface area is 138 Å². The molecular formula is C14H17ClN2O4S. The predicted octanol–water partition coefficient (Wildman–Crippen LogP) is 2.92. The second kappa shape index (κ2) is 10.1. The highest BCUT2D eigenvalue weighted by Gasteiger charge is 2.16. The molecule has 0 atom stereocenters. The smallest absolute Gasteiger partial charge is 0.365 e. The Morgan fingerprint density at radius 1 is 1.18 bits per heavy atom. The van der Waals surface area contributed by atoms with Crippen LogP contribution in [-0.4, -0.2) is 35.9 Å². The van der Waals surface area contributed by atoms with Crippen LogP contribution >= 0.6 is 23.4 Å². The number of hydrazone groups is 1. The van der Waals surface area contributed by atoms with Crippen molar-refractivity contribution in [3.8, 4) is 0 Å². The molecule has 0 fully saturated rings. The van der Waals surface area contributed by atoms with Crippen molar-refractivity contribution in [1.29, 1.82) is 0 Å². The standard InChI is InChI=1S/C14H17ClN2O4S/c1-3-20-12(18)9-22-13(14(19)21-4-2)17-16-11-7-5-10(15)6-8-11/h5-8,16H,3-4,9H2,1-2H3/b17-13-. The number of nitrogens with one attached hydrogen (secondary N) is 1. The van der Waals surface area contributed by atoms with Crippen LogP contribution in [0, 0.1) is 0 Å². The van der Waals surface area contributed by atoms with Gasteiger partial charge in [0.2, 0.25) is 5.04 Å². The van der Waals surface area contributed by atoms with Crippen LogP contribution in [0.1, 0.15) is 13.8 Å². The van der Waals surface area contributed by atoms with E-state index in [9.17, 15) is 9.59 Å². The molecule has 0 aliphatic heterocycles. The molecule has 1 aromatic carbocycles. The second-order valence-corrected chi connectivity index (χ2v) is 5.25. The Morgan fingerprint density at radius 3 is 2.41 bits per heavy atom. The van der Waals surface area contributed by atoms with Gasteiger partial charge in [0.05, 0.1) is 24.7 Å². The van der Waals surface area contributed by atoms with E-state index >= 15 is 0 Å². The summed E-state index contributed by atoms with van der Waals surface area (Å²) in [6.45, 7) is 3.91. The molecule has 1 rings (SSSR count). The molecule has 1 aromatic rings. The zero-order valence-corrected chi connectivity index (χ0v) is 13.9. The molecule has 8 heteroatoms. The number of ether oxygens (including phenoxy) is 2. The molecule has 0 spiro atoms. The van der Waals surface area contributed by atoms with Crippen molar-refractivity contribution >= 4 is 46.0 Å². The summed E-state index contributed by atoms with van der Waals surface area (Å²) in [4.78, 5) is 23.2. The van der Waals surface area contributed by atoms with Gasteiger partial charge in [0.1, 0.15) is 0 Å². The maximum absolute atomic E-state index is 11.8. The number of benzene rings is 1. The van der Waals surface area contributed by atoms with E-state index in [1.54, 1.807) is 38.1 Å². The molecule has 6 nitrogen and oxygen atoms in total. The number of halogens is 1. The van der Waals surface area contributed by atoms with E-state index in [0.717, 1.165) is 11.8 Å². The summed E-state index contributed by atoms with van der Waals surface area (Å²) in [7, 11) is 0. The first-order valence-corrected chi connectivity index (χ1v) is 7.98. The molecule has 0 unspecified atom stereocenters. The number of anilines is 1. The monoisotopic (exact) mass is 344 g/mol. The predicted molar refractivity (Wildman–Crippen MR) is 88.2 cm³/mol. The molecule has 0 amide bonds. The topological polar surface area (TPSA) is 77.0 Å². The first-order valence-electron chi connectivity index (χ1n) is 6.61. The van der Waals surface area contributed by atoms with Crippen molar-refractivity contribution in [2.45, 2.75) is 13.8 Å². The fourth-order valence-corrected chi connectivity index (χ4v) is 2.05. The Kier molecular flexibility index (Phi) is 8.39. The number of thioether (sulfide) groups is 1. The fourth-order valence-electron chi connectivity index (χ4n) is 1.30. The summed E-state index contributed by atoms with van der Waals surface area (Å²) in [6.07, 6.45) is 0. The van der Waals surface area contributed by atoms with Gasteiger partial charge in [-0.3, -0.25) is 10.2 Å². The molecule has 0 saturated heterocycles. The van der Waals surface area contributed by atoms with Crippen molar-refractivity contribution in [3.05, 3.63) is 29.3 Å². The van der Waals surface area contributed by atoms with E-state index in [1.165, 1.54) is 0 Å². The van der Waals surface area contributed by atoms with Gasteiger partial charge in [-0.25, -0.2) is 4.79 Å². The number of rotatable bonds is 6. The van der Waals surface area contributed by atoms with Crippen LogP contribution in [0.15, 0.2) is 29.4 Å². The average Bonchev–Trinajstić information content (AvgIpc) is 2.49. The fraction of sp³-hybridized carbons (Fsp3) is 0.357. The van der Waals surface area contributed by atoms with Gasteiger partial charge >= 0.3 is 11.9 Å². The summed E-state index contributed by atoms with van der Waals surface area (Å²) in [5, 5.41) is 4.62. The average molecular weight is 345 g/mol. The molecule has 0 aliphatic carbocycles. The maximum Gasteiger partial charge on any atom is 0.365 e. The highest BCUT2D eigenvalue weighted by atomic mass is 35.5. The van der Waals surface area contributed by atoms with Gasteiger partial charge in [-0.05, 0) is 38.1 Å². The van der Waals surface area contributed by atoms with Crippen molar-refractivity contribution in [2.75, 3.05) is 24.4 Å². The lowest BCUT2D eigenvalue weighted by Crippen LogP contribution is -2.18. The molecule has 0 radical (unpaired) electrons. The molecule has 1 N–H and O–H groups in total. The van der Waals surface area contributed by atoms with Crippen LogP contribution in [0.2, 0.25) is 5.02 Å². The molecule has 0 aliphatic rings. The summed E-state index contributed by atoms with van der Waals surface area (Å²) in [5.74, 6) is -1.04. The zero-order valence-electron chi connectivity index (χ0n) is 12.3. The Balaban J connectivity index is 2.71. The van der Waals surface area contributed by atoms with Crippen LogP contribution < -0.4 is 5.43 Å². The lowest BCUT2D eigenvalue weighted by atomic mass is 10.3. The van der Waals surface area contributed by atoms with Gasteiger partial charge in [-0.15, -0.1) is 0 Å². The van der Waals surface area contributed by atoms with Crippen LogP contribution in [-0.2, 0) is 19.1 Å². The molecule has 0 aromatic heterocycles. The van der Waals surface area contributed by atoms with Crippen molar-refractivity contribution in [3.63, 3.8) is 0 Å². The van der Waals surface area contributed by atoms with E-state index in [4.69, 9.17) is 21.1 Å². The van der Waals surface area contributed by atoms with E-state index in [-0.39, 0.29) is 24.0 Å². The zero-order chi connectivity index (χ0) is 16.4. The van der Waals surface area contributed by atoms with E-state index in [0.29, 0.717) is 10.7 Å². The Hall–Kier alpha value is -1.73. The van der Waals surface area contributed by atoms with Crippen LogP contribution in [0.4, 0.5) is 5.69 Å². The van der Waals surface area contributed by atoms with Crippen LogP contribution in [0.3, 0.4) is 0 Å². The van der Waals surface area contributed by atoms with Gasteiger partial charge in [0.25, 0.3) is 0 Å². The second-order valence-electron chi connectivity index (χ2n) is 3.85. The highest BCUT2D eigenvalue weighted by molar-refractivity contribution is 8.16. The molecule has 22 heavy (non-hydrogen) atoms. The lowest BCUT2D eigenvalue weighted by molar-refractivity contribution is -0.139. The molecular weight excluding hydrogens is 328 g/mol. The van der Waals surface area contributed by atoms with Crippen LogP contribution in [0.5, 0.6) is 0 Å². The number of esters is 2. The third-order valence-electron chi connectivity index (χ3n) is 2.21. The number of nitrogens with zero attached hydrogens (tertiary/aromatic N) is 1. The minimum Gasteiger partial charge on any atom is -0.465 e. The lowest BCUT2D eigenvalue weighted by Gasteiger charge is -2.07. The van der Waals surface area contributed by atoms with Gasteiger partial charge in [-0.1, -0.05) is 23.4 Å². The van der Waals surface area contributed by atoms with E-state index in [1.807, 2.05) is 0 Å². The quantitative estimate of drug-likeness (QED) is 0.370. The van der Waals surface area contributed by atoms with Gasteiger partial charge in [0.15, 0.2) is 0 Å². The maximum atomic E-state index is 11.8. The number of carbonyl (C=O) groups excluding carboxylic acids is 2. The molecule has 0 heterocycles. The van der Waals surface area contributed by atoms with Crippen LogP contribution in [0.25, 0.3) is 0 Å². The third-order valence-corrected chi connectivity index (χ3v) is 3.38. The summed E-state index contributed by atoms with van der Waals surface area (Å²) in [6, 6.07) is 6.81. The van der Waals surface area contributed by atoms with E-state index in [2.05, 4.69) is 10.5 Å². The van der Waals surface area contributed by atoms with Gasteiger partial charge < -0.3 is 9.47 Å². The summed E-state index contributed by atoms with van der Waals surface area (Å²) >= 11 is 6.74. The van der Waals surface area contributed by atoms with E-state index < -0.39 is 11.9 Å². The van der Waals surface area contributed by atoms with Crippen molar-refractivity contribution in [2.24, 2.45) is 5.10 Å². The minimum absolute atomic E-state index is 0.0201. The Bertz CT molecular complexity index is 534. The highest BCUT2D eigenvalue weighted by Crippen LogP contribution is 2.14. The Morgan fingerprint density at radius 2 is 1.82 bits per heavy atom. The normalized spacial score (nSPS) is 11.0.